The van der Waals surface area contributed by atoms with Gasteiger partial charge in [0, 0.05) is 5.54 Å². The minimum Gasteiger partial charge on any atom is -0.497 e. The van der Waals surface area contributed by atoms with Crippen molar-refractivity contribution in [1.29, 1.82) is 0 Å². The lowest BCUT2D eigenvalue weighted by Gasteiger charge is -2.31. The van der Waals surface area contributed by atoms with Gasteiger partial charge in [-0.15, -0.1) is 0 Å². The van der Waals surface area contributed by atoms with Crippen molar-refractivity contribution in [2.45, 2.75) is 32.2 Å². The van der Waals surface area contributed by atoms with Crippen LogP contribution in [0.2, 0.25) is 0 Å². The van der Waals surface area contributed by atoms with Gasteiger partial charge in [0.1, 0.15) is 5.75 Å². The molecular weight excluding hydrogens is 246 g/mol. The molecule has 1 atom stereocenters. The van der Waals surface area contributed by atoms with Crippen molar-refractivity contribution in [2.24, 2.45) is 5.73 Å². The minimum atomic E-state index is -0.336. The minimum absolute atomic E-state index is 0.336. The summed E-state index contributed by atoms with van der Waals surface area (Å²) in [7, 11) is 1.69. The van der Waals surface area contributed by atoms with Gasteiger partial charge in [0.05, 0.1) is 7.11 Å². The van der Waals surface area contributed by atoms with Crippen LogP contribution in [0.5, 0.6) is 5.75 Å². The lowest BCUT2D eigenvalue weighted by molar-refractivity contribution is 0.407. The molecule has 0 aliphatic carbocycles. The normalized spacial score (nSPS) is 13.8. The predicted octanol–water partition coefficient (Wildman–Crippen LogP) is 3.81. The summed E-state index contributed by atoms with van der Waals surface area (Å²) in [6, 6.07) is 16.6. The Hall–Kier alpha value is -1.80. The largest absolute Gasteiger partial charge is 0.497 e. The Labute approximate surface area is 121 Å². The van der Waals surface area contributed by atoms with Gasteiger partial charge < -0.3 is 10.5 Å². The van der Waals surface area contributed by atoms with Crippen LogP contribution in [-0.2, 0) is 12.0 Å². The third kappa shape index (κ3) is 3.02. The highest BCUT2D eigenvalue weighted by atomic mass is 16.5. The van der Waals surface area contributed by atoms with E-state index in [0.717, 1.165) is 18.6 Å². The van der Waals surface area contributed by atoms with E-state index in [-0.39, 0.29) is 5.54 Å². The van der Waals surface area contributed by atoms with E-state index in [0.29, 0.717) is 0 Å². The van der Waals surface area contributed by atoms with E-state index in [4.69, 9.17) is 10.5 Å². The van der Waals surface area contributed by atoms with E-state index in [2.05, 4.69) is 50.2 Å². The smallest absolute Gasteiger partial charge is 0.119 e. The lowest BCUT2D eigenvalue weighted by atomic mass is 9.80. The molecule has 0 aliphatic rings. The van der Waals surface area contributed by atoms with E-state index in [1.807, 2.05) is 12.1 Å². The van der Waals surface area contributed by atoms with Crippen molar-refractivity contribution in [3.63, 3.8) is 0 Å². The van der Waals surface area contributed by atoms with Crippen LogP contribution in [0.1, 0.15) is 30.0 Å². The summed E-state index contributed by atoms with van der Waals surface area (Å²) in [6.07, 6.45) is 1.74. The number of hydrogen-bond acceptors (Lipinski definition) is 2. The fourth-order valence-electron chi connectivity index (χ4n) is 2.69. The molecule has 2 heteroatoms. The fraction of sp³-hybridized carbons (Fsp3) is 0.333. The van der Waals surface area contributed by atoms with Gasteiger partial charge in [0.15, 0.2) is 0 Å². The van der Waals surface area contributed by atoms with Crippen LogP contribution in [0.15, 0.2) is 48.5 Å². The van der Waals surface area contributed by atoms with Crippen LogP contribution in [0, 0.1) is 6.92 Å². The fourth-order valence-corrected chi connectivity index (χ4v) is 2.69. The van der Waals surface area contributed by atoms with E-state index in [9.17, 15) is 0 Å². The number of hydrogen-bond donors (Lipinski definition) is 1. The van der Waals surface area contributed by atoms with Crippen molar-refractivity contribution < 1.29 is 4.74 Å². The van der Waals surface area contributed by atoms with Crippen LogP contribution in [0.3, 0.4) is 0 Å². The molecule has 0 saturated heterocycles. The first-order valence-electron chi connectivity index (χ1n) is 7.07. The average Bonchev–Trinajstić information content (AvgIpc) is 2.47. The lowest BCUT2D eigenvalue weighted by Crippen LogP contribution is -2.39. The Morgan fingerprint density at radius 3 is 2.35 bits per heavy atom. The maximum absolute atomic E-state index is 6.70. The Morgan fingerprint density at radius 1 is 1.10 bits per heavy atom. The maximum Gasteiger partial charge on any atom is 0.119 e. The number of methoxy groups -OCH3 is 1. The van der Waals surface area contributed by atoms with Crippen molar-refractivity contribution in [2.75, 3.05) is 7.11 Å². The molecule has 0 spiro atoms. The number of aryl methyl sites for hydroxylation is 1. The predicted molar refractivity (Wildman–Crippen MR) is 84.0 cm³/mol. The summed E-state index contributed by atoms with van der Waals surface area (Å²) in [5.41, 5.74) is 10.0. The quantitative estimate of drug-likeness (QED) is 0.895. The molecule has 0 heterocycles. The third-order valence-electron chi connectivity index (χ3n) is 3.96. The van der Waals surface area contributed by atoms with Gasteiger partial charge in [0.2, 0.25) is 0 Å². The summed E-state index contributed by atoms with van der Waals surface area (Å²) in [5.74, 6) is 0.879. The van der Waals surface area contributed by atoms with E-state index < -0.39 is 0 Å². The van der Waals surface area contributed by atoms with Crippen LogP contribution in [-0.4, -0.2) is 7.11 Å². The van der Waals surface area contributed by atoms with Crippen LogP contribution in [0.25, 0.3) is 0 Å². The highest BCUT2D eigenvalue weighted by Crippen LogP contribution is 2.31. The van der Waals surface area contributed by atoms with Gasteiger partial charge in [-0.3, -0.25) is 0 Å². The van der Waals surface area contributed by atoms with Gasteiger partial charge in [-0.25, -0.2) is 0 Å². The Kier molecular flexibility index (Phi) is 4.46. The van der Waals surface area contributed by atoms with E-state index in [1.54, 1.807) is 7.11 Å². The summed E-state index contributed by atoms with van der Waals surface area (Å²) in [6.45, 7) is 4.24. The van der Waals surface area contributed by atoms with Gasteiger partial charge in [-0.1, -0.05) is 43.3 Å². The molecule has 0 fully saturated rings. The first-order valence-corrected chi connectivity index (χ1v) is 7.07. The maximum atomic E-state index is 6.70. The average molecular weight is 269 g/mol. The second kappa shape index (κ2) is 6.10. The highest BCUT2D eigenvalue weighted by Gasteiger charge is 2.27. The van der Waals surface area contributed by atoms with Crippen molar-refractivity contribution >= 4 is 0 Å². The topological polar surface area (TPSA) is 35.2 Å². The monoisotopic (exact) mass is 269 g/mol. The molecular formula is C18H23NO. The van der Waals surface area contributed by atoms with Gasteiger partial charge in [-0.2, -0.15) is 0 Å². The molecule has 0 amide bonds. The molecule has 0 aliphatic heterocycles. The standard InChI is InChI=1S/C18H23NO/c1-4-18(19,13-15-8-6-5-7-9-15)17-11-10-16(20-3)12-14(17)2/h5-12H,4,13,19H2,1-3H3. The first-order chi connectivity index (χ1) is 9.59. The number of ether oxygens (including phenoxy) is 1. The van der Waals surface area contributed by atoms with Crippen molar-refractivity contribution in [3.05, 3.63) is 65.2 Å². The Balaban J connectivity index is 2.35. The van der Waals surface area contributed by atoms with Crippen LogP contribution >= 0.6 is 0 Å². The Morgan fingerprint density at radius 2 is 1.80 bits per heavy atom. The zero-order chi connectivity index (χ0) is 14.6. The van der Waals surface area contributed by atoms with E-state index >= 15 is 0 Å². The third-order valence-corrected chi connectivity index (χ3v) is 3.96. The number of nitrogens with two attached hydrogens (primary N) is 1. The first kappa shape index (κ1) is 14.6. The molecule has 1 unspecified atom stereocenters. The van der Waals surface area contributed by atoms with Crippen molar-refractivity contribution in [1.82, 2.24) is 0 Å². The highest BCUT2D eigenvalue weighted by molar-refractivity contribution is 5.40. The van der Waals surface area contributed by atoms with Gasteiger partial charge >= 0.3 is 0 Å². The summed E-state index contributed by atoms with van der Waals surface area (Å²) < 4.78 is 5.27. The van der Waals surface area contributed by atoms with E-state index in [1.165, 1.54) is 16.7 Å². The van der Waals surface area contributed by atoms with Gasteiger partial charge in [-0.05, 0) is 48.6 Å². The SMILES string of the molecule is CCC(N)(Cc1ccccc1)c1ccc(OC)cc1C. The number of benzene rings is 2. The van der Waals surface area contributed by atoms with Crippen LogP contribution in [0.4, 0.5) is 0 Å². The van der Waals surface area contributed by atoms with Crippen molar-refractivity contribution in [3.8, 4) is 5.75 Å². The molecule has 2 N–H and O–H groups in total. The Bertz CT molecular complexity index is 565. The van der Waals surface area contributed by atoms with Crippen LogP contribution < -0.4 is 10.5 Å². The summed E-state index contributed by atoms with van der Waals surface area (Å²) in [4.78, 5) is 0. The molecule has 2 rings (SSSR count). The zero-order valence-corrected chi connectivity index (χ0v) is 12.5. The molecule has 20 heavy (non-hydrogen) atoms. The molecule has 0 bridgehead atoms. The molecule has 0 saturated carbocycles. The molecule has 2 aromatic rings. The second-order valence-electron chi connectivity index (χ2n) is 5.35. The molecule has 2 aromatic carbocycles. The molecule has 0 radical (unpaired) electrons. The van der Waals surface area contributed by atoms with Gasteiger partial charge in [0.25, 0.3) is 0 Å². The summed E-state index contributed by atoms with van der Waals surface area (Å²) >= 11 is 0. The molecule has 2 nitrogen and oxygen atoms in total. The second-order valence-corrected chi connectivity index (χ2v) is 5.35. The molecule has 0 aromatic heterocycles. The zero-order valence-electron chi connectivity index (χ0n) is 12.5. The number of rotatable bonds is 5. The molecule has 106 valence electrons. The summed E-state index contributed by atoms with van der Waals surface area (Å²) in [5, 5.41) is 0.